The lowest BCUT2D eigenvalue weighted by Crippen LogP contribution is -2.44. The van der Waals surface area contributed by atoms with Gasteiger partial charge in [-0.1, -0.05) is 52.3 Å². The number of hydrogen-bond donors (Lipinski definition) is 0. The zero-order valence-corrected chi connectivity index (χ0v) is 23.4. The molecule has 39 heavy (non-hydrogen) atoms. The summed E-state index contributed by atoms with van der Waals surface area (Å²) < 4.78 is 25.1. The van der Waals surface area contributed by atoms with E-state index in [4.69, 9.17) is 9.47 Å². The first kappa shape index (κ1) is 27.0. The SMILES string of the molecule is COc1cc(/C=C2\SC(=O)N(CC(=O)N3CCc4ccccc4C3)C2=O)c(Br)cc1OCc1ccc(F)cc1. The molecule has 0 aliphatic carbocycles. The van der Waals surface area contributed by atoms with Gasteiger partial charge in [0.1, 0.15) is 19.0 Å². The maximum atomic E-state index is 13.2. The lowest BCUT2D eigenvalue weighted by atomic mass is 10.00. The number of benzene rings is 3. The van der Waals surface area contributed by atoms with E-state index in [2.05, 4.69) is 22.0 Å². The molecule has 3 aromatic rings. The van der Waals surface area contributed by atoms with Crippen molar-refractivity contribution in [3.63, 3.8) is 0 Å². The number of nitrogens with zero attached hydrogens (tertiary/aromatic N) is 2. The first-order chi connectivity index (χ1) is 18.8. The molecule has 0 bridgehead atoms. The fourth-order valence-corrected chi connectivity index (χ4v) is 5.66. The van der Waals surface area contributed by atoms with Gasteiger partial charge in [0.2, 0.25) is 5.91 Å². The van der Waals surface area contributed by atoms with Crippen LogP contribution in [-0.4, -0.2) is 47.1 Å². The van der Waals surface area contributed by atoms with Crippen LogP contribution in [0.1, 0.15) is 22.3 Å². The Balaban J connectivity index is 1.28. The molecule has 2 aliphatic rings. The zero-order chi connectivity index (χ0) is 27.5. The molecule has 5 rings (SSSR count). The van der Waals surface area contributed by atoms with Gasteiger partial charge in [0.05, 0.1) is 12.0 Å². The molecule has 0 N–H and O–H groups in total. The quantitative estimate of drug-likeness (QED) is 0.315. The Morgan fingerprint density at radius 3 is 2.56 bits per heavy atom. The summed E-state index contributed by atoms with van der Waals surface area (Å²) in [6.07, 6.45) is 2.33. The highest BCUT2D eigenvalue weighted by molar-refractivity contribution is 9.10. The van der Waals surface area contributed by atoms with Gasteiger partial charge in [0.15, 0.2) is 11.5 Å². The maximum absolute atomic E-state index is 13.2. The standard InChI is InChI=1S/C29H24BrFN2O5S/c1-37-24-12-21(23(30)14-25(24)38-17-18-6-8-22(31)9-7-18)13-26-28(35)33(29(36)39-26)16-27(34)32-11-10-19-4-2-3-5-20(19)15-32/h2-9,12-14H,10-11,15-17H2,1H3/b26-13-. The zero-order valence-electron chi connectivity index (χ0n) is 21.0. The second-order valence-electron chi connectivity index (χ2n) is 9.04. The Bertz CT molecular complexity index is 1480. The molecule has 3 aromatic carbocycles. The predicted molar refractivity (Wildman–Crippen MR) is 150 cm³/mol. The van der Waals surface area contributed by atoms with Crippen LogP contribution in [0.4, 0.5) is 9.18 Å². The van der Waals surface area contributed by atoms with Crippen molar-refractivity contribution in [1.29, 1.82) is 0 Å². The number of rotatable bonds is 7. The van der Waals surface area contributed by atoms with E-state index in [1.807, 2.05) is 18.2 Å². The molecular formula is C29H24BrFN2O5S. The van der Waals surface area contributed by atoms with Crippen molar-refractivity contribution in [3.05, 3.63) is 98.1 Å². The number of thioether (sulfide) groups is 1. The van der Waals surface area contributed by atoms with Crippen LogP contribution in [0.5, 0.6) is 11.5 Å². The summed E-state index contributed by atoms with van der Waals surface area (Å²) >= 11 is 4.29. The third-order valence-corrected chi connectivity index (χ3v) is 8.12. The van der Waals surface area contributed by atoms with Crippen LogP contribution in [0, 0.1) is 5.82 Å². The normalized spacial score (nSPS) is 16.0. The Hall–Kier alpha value is -3.63. The van der Waals surface area contributed by atoms with Gasteiger partial charge >= 0.3 is 0 Å². The van der Waals surface area contributed by atoms with Crippen LogP contribution in [0.25, 0.3) is 6.08 Å². The van der Waals surface area contributed by atoms with Crippen molar-refractivity contribution in [3.8, 4) is 11.5 Å². The molecule has 0 saturated carbocycles. The third-order valence-electron chi connectivity index (χ3n) is 6.53. The van der Waals surface area contributed by atoms with Gasteiger partial charge in [-0.3, -0.25) is 19.3 Å². The molecule has 1 fully saturated rings. The highest BCUT2D eigenvalue weighted by Gasteiger charge is 2.37. The largest absolute Gasteiger partial charge is 0.493 e. The lowest BCUT2D eigenvalue weighted by molar-refractivity contribution is -0.136. The minimum absolute atomic E-state index is 0.206. The van der Waals surface area contributed by atoms with E-state index in [1.165, 1.54) is 24.8 Å². The number of imide groups is 1. The van der Waals surface area contributed by atoms with Crippen LogP contribution in [0.2, 0.25) is 0 Å². The minimum Gasteiger partial charge on any atom is -0.493 e. The molecule has 7 nitrogen and oxygen atoms in total. The summed E-state index contributed by atoms with van der Waals surface area (Å²) in [5.74, 6) is -0.231. The monoisotopic (exact) mass is 610 g/mol. The van der Waals surface area contributed by atoms with Crippen LogP contribution in [-0.2, 0) is 29.2 Å². The van der Waals surface area contributed by atoms with Crippen molar-refractivity contribution >= 4 is 50.8 Å². The molecule has 0 unspecified atom stereocenters. The van der Waals surface area contributed by atoms with Crippen LogP contribution in [0.3, 0.4) is 0 Å². The van der Waals surface area contributed by atoms with Crippen LogP contribution < -0.4 is 9.47 Å². The molecule has 10 heteroatoms. The minimum atomic E-state index is -0.515. The van der Waals surface area contributed by atoms with Crippen molar-refractivity contribution in [1.82, 2.24) is 9.80 Å². The van der Waals surface area contributed by atoms with Gasteiger partial charge in [-0.05, 0) is 70.8 Å². The number of fused-ring (bicyclic) bond motifs is 1. The van der Waals surface area contributed by atoms with E-state index in [-0.39, 0.29) is 29.8 Å². The summed E-state index contributed by atoms with van der Waals surface area (Å²) in [5.41, 5.74) is 3.68. The Morgan fingerprint density at radius 2 is 1.82 bits per heavy atom. The Kier molecular flexibility index (Phi) is 8.04. The summed E-state index contributed by atoms with van der Waals surface area (Å²) in [6, 6.07) is 17.3. The van der Waals surface area contributed by atoms with Gasteiger partial charge in [0.25, 0.3) is 11.1 Å². The highest BCUT2D eigenvalue weighted by atomic mass is 79.9. The van der Waals surface area contributed by atoms with Gasteiger partial charge in [-0.25, -0.2) is 4.39 Å². The summed E-state index contributed by atoms with van der Waals surface area (Å²) in [4.78, 5) is 41.6. The highest BCUT2D eigenvalue weighted by Crippen LogP contribution is 2.38. The molecule has 0 aromatic heterocycles. The molecule has 2 heterocycles. The van der Waals surface area contributed by atoms with Crippen molar-refractivity contribution in [2.24, 2.45) is 0 Å². The topological polar surface area (TPSA) is 76.2 Å². The number of carbonyl (C=O) groups excluding carboxylic acids is 3. The fourth-order valence-electron chi connectivity index (χ4n) is 4.40. The number of carbonyl (C=O) groups is 3. The molecule has 1 saturated heterocycles. The van der Waals surface area contributed by atoms with Gasteiger partial charge in [-0.2, -0.15) is 0 Å². The number of hydrogen-bond acceptors (Lipinski definition) is 6. The Morgan fingerprint density at radius 1 is 1.08 bits per heavy atom. The van der Waals surface area contributed by atoms with E-state index < -0.39 is 11.1 Å². The maximum Gasteiger partial charge on any atom is 0.294 e. The van der Waals surface area contributed by atoms with Crippen LogP contribution >= 0.6 is 27.7 Å². The second-order valence-corrected chi connectivity index (χ2v) is 10.9. The summed E-state index contributed by atoms with van der Waals surface area (Å²) in [7, 11) is 1.50. The molecule has 0 atom stereocenters. The molecular weight excluding hydrogens is 587 g/mol. The number of methoxy groups -OCH3 is 1. The first-order valence-electron chi connectivity index (χ1n) is 12.2. The molecule has 0 radical (unpaired) electrons. The molecule has 2 aliphatic heterocycles. The fraction of sp³-hybridized carbons (Fsp3) is 0.207. The molecule has 3 amide bonds. The average Bonchev–Trinajstić information content (AvgIpc) is 3.20. The first-order valence-corrected chi connectivity index (χ1v) is 13.8. The average molecular weight is 611 g/mol. The van der Waals surface area contributed by atoms with Crippen molar-refractivity contribution in [2.75, 3.05) is 20.2 Å². The predicted octanol–water partition coefficient (Wildman–Crippen LogP) is 5.80. The van der Waals surface area contributed by atoms with E-state index in [0.29, 0.717) is 34.6 Å². The number of halogens is 2. The summed E-state index contributed by atoms with van der Waals surface area (Å²) in [6.45, 7) is 0.913. The molecule has 200 valence electrons. The van der Waals surface area contributed by atoms with E-state index in [1.54, 1.807) is 35.2 Å². The Labute approximate surface area is 237 Å². The van der Waals surface area contributed by atoms with Crippen LogP contribution in [0.15, 0.2) is 70.0 Å². The van der Waals surface area contributed by atoms with Gasteiger partial charge < -0.3 is 14.4 Å². The number of ether oxygens (including phenoxy) is 2. The second kappa shape index (κ2) is 11.6. The lowest BCUT2D eigenvalue weighted by Gasteiger charge is -2.29. The van der Waals surface area contributed by atoms with Gasteiger partial charge in [0, 0.05) is 17.6 Å². The van der Waals surface area contributed by atoms with Crippen molar-refractivity contribution < 1.29 is 28.2 Å². The third kappa shape index (κ3) is 6.02. The van der Waals surface area contributed by atoms with Gasteiger partial charge in [-0.15, -0.1) is 0 Å². The van der Waals surface area contributed by atoms with E-state index in [0.717, 1.165) is 34.2 Å². The summed E-state index contributed by atoms with van der Waals surface area (Å²) in [5, 5.41) is -0.487. The number of amides is 3. The molecule has 0 spiro atoms. The van der Waals surface area contributed by atoms with E-state index >= 15 is 0 Å². The van der Waals surface area contributed by atoms with Crippen molar-refractivity contribution in [2.45, 2.75) is 19.6 Å². The smallest absolute Gasteiger partial charge is 0.294 e. The van der Waals surface area contributed by atoms with E-state index in [9.17, 15) is 18.8 Å².